The molecule has 0 spiro atoms. The standard InChI is InChI=1S/C15H26NO7P/c1-7-20-24(19,21-8-2)15(10-11(3)9-12(15)17)23-16-13(18)22-14(4,5)6/h9H,7-8,10H2,1-6H3,(H,16,18)/t15-/m1/s1. The Balaban J connectivity index is 3.07. The van der Waals surface area contributed by atoms with Gasteiger partial charge in [-0.15, -0.1) is 0 Å². The summed E-state index contributed by atoms with van der Waals surface area (Å²) < 4.78 is 28.8. The SMILES string of the molecule is CCOP(=O)(OCC)[C@]1(ONC(=O)OC(C)(C)C)CC(C)=CC1=O. The Bertz CT molecular complexity index is 557. The maximum absolute atomic E-state index is 13.2. The molecule has 24 heavy (non-hydrogen) atoms. The quantitative estimate of drug-likeness (QED) is 0.547. The average Bonchev–Trinajstić information content (AvgIpc) is 2.71. The minimum atomic E-state index is -3.99. The molecule has 1 aliphatic rings. The summed E-state index contributed by atoms with van der Waals surface area (Å²) in [5, 5.41) is -1.94. The van der Waals surface area contributed by atoms with Crippen LogP contribution in [-0.4, -0.2) is 36.0 Å². The zero-order chi connectivity index (χ0) is 18.6. The van der Waals surface area contributed by atoms with Crippen LogP contribution in [0.4, 0.5) is 4.79 Å². The zero-order valence-electron chi connectivity index (χ0n) is 15.0. The molecule has 0 saturated carbocycles. The van der Waals surface area contributed by atoms with Gasteiger partial charge in [-0.1, -0.05) is 5.57 Å². The van der Waals surface area contributed by atoms with Crippen molar-refractivity contribution in [1.29, 1.82) is 0 Å². The molecule has 138 valence electrons. The summed E-state index contributed by atoms with van der Waals surface area (Å²) in [4.78, 5) is 29.6. The van der Waals surface area contributed by atoms with Crippen LogP contribution in [0.3, 0.4) is 0 Å². The van der Waals surface area contributed by atoms with Crippen LogP contribution in [0, 0.1) is 0 Å². The fourth-order valence-electron chi connectivity index (χ4n) is 2.24. The highest BCUT2D eigenvalue weighted by atomic mass is 31.2. The van der Waals surface area contributed by atoms with Crippen LogP contribution in [-0.2, 0) is 28.0 Å². The first-order valence-electron chi connectivity index (χ1n) is 7.77. The number of carbonyl (C=O) groups is 2. The van der Waals surface area contributed by atoms with Gasteiger partial charge in [-0.2, -0.15) is 5.48 Å². The van der Waals surface area contributed by atoms with Crippen molar-refractivity contribution in [3.05, 3.63) is 11.6 Å². The van der Waals surface area contributed by atoms with Gasteiger partial charge in [-0.3, -0.25) is 9.36 Å². The van der Waals surface area contributed by atoms with E-state index in [1.54, 1.807) is 41.5 Å². The molecular weight excluding hydrogens is 337 g/mol. The van der Waals surface area contributed by atoms with Crippen molar-refractivity contribution in [3.63, 3.8) is 0 Å². The average molecular weight is 363 g/mol. The third-order valence-electron chi connectivity index (χ3n) is 3.02. The van der Waals surface area contributed by atoms with Crippen molar-refractivity contribution in [2.75, 3.05) is 13.2 Å². The molecule has 0 fully saturated rings. The van der Waals surface area contributed by atoms with Crippen molar-refractivity contribution < 1.29 is 32.8 Å². The van der Waals surface area contributed by atoms with Gasteiger partial charge in [0.2, 0.25) is 5.78 Å². The van der Waals surface area contributed by atoms with Crippen molar-refractivity contribution >= 4 is 19.5 Å². The van der Waals surface area contributed by atoms with Crippen molar-refractivity contribution in [2.24, 2.45) is 0 Å². The van der Waals surface area contributed by atoms with E-state index in [0.717, 1.165) is 0 Å². The number of ether oxygens (including phenoxy) is 1. The molecule has 1 rings (SSSR count). The fourth-order valence-corrected chi connectivity index (χ4v) is 4.34. The number of amides is 1. The van der Waals surface area contributed by atoms with E-state index in [-0.39, 0.29) is 19.6 Å². The second kappa shape index (κ2) is 7.78. The lowest BCUT2D eigenvalue weighted by Gasteiger charge is -2.33. The molecule has 0 radical (unpaired) electrons. The minimum Gasteiger partial charge on any atom is -0.442 e. The smallest absolute Gasteiger partial charge is 0.431 e. The normalized spacial score (nSPS) is 21.6. The lowest BCUT2D eigenvalue weighted by Crippen LogP contribution is -2.46. The number of carbonyl (C=O) groups excluding carboxylic acids is 2. The van der Waals surface area contributed by atoms with Gasteiger partial charge in [-0.25, -0.2) is 9.63 Å². The number of hydrogen-bond donors (Lipinski definition) is 1. The van der Waals surface area contributed by atoms with E-state index in [9.17, 15) is 14.2 Å². The molecule has 1 amide bonds. The van der Waals surface area contributed by atoms with E-state index in [0.29, 0.717) is 5.57 Å². The molecule has 0 aromatic heterocycles. The maximum atomic E-state index is 13.2. The van der Waals surface area contributed by atoms with Gasteiger partial charge in [-0.05, 0) is 47.6 Å². The van der Waals surface area contributed by atoms with E-state index in [1.807, 2.05) is 5.48 Å². The van der Waals surface area contributed by atoms with E-state index in [1.165, 1.54) is 6.08 Å². The van der Waals surface area contributed by atoms with Crippen molar-refractivity contribution in [3.8, 4) is 0 Å². The molecular formula is C15H26NO7P. The third-order valence-corrected chi connectivity index (χ3v) is 5.57. The van der Waals surface area contributed by atoms with Crippen molar-refractivity contribution in [1.82, 2.24) is 5.48 Å². The molecule has 0 bridgehead atoms. The molecule has 1 N–H and O–H groups in total. The molecule has 8 nitrogen and oxygen atoms in total. The van der Waals surface area contributed by atoms with E-state index in [4.69, 9.17) is 18.6 Å². The predicted octanol–water partition coefficient (Wildman–Crippen LogP) is 3.32. The number of rotatable bonds is 7. The molecule has 0 aliphatic heterocycles. The Kier molecular flexibility index (Phi) is 6.75. The minimum absolute atomic E-state index is 0.0150. The molecule has 1 aliphatic carbocycles. The lowest BCUT2D eigenvalue weighted by molar-refractivity contribution is -0.137. The molecule has 9 heteroatoms. The Hall–Kier alpha value is -1.21. The van der Waals surface area contributed by atoms with Crippen LogP contribution in [0.25, 0.3) is 0 Å². The van der Waals surface area contributed by atoms with Crippen LogP contribution in [0.15, 0.2) is 11.6 Å². The van der Waals surface area contributed by atoms with Crippen LogP contribution < -0.4 is 5.48 Å². The Morgan fingerprint density at radius 1 is 1.29 bits per heavy atom. The highest BCUT2D eigenvalue weighted by Gasteiger charge is 2.61. The summed E-state index contributed by atoms with van der Waals surface area (Å²) in [6.07, 6.45) is 0.388. The van der Waals surface area contributed by atoms with E-state index in [2.05, 4.69) is 0 Å². The molecule has 0 unspecified atom stereocenters. The number of nitrogens with one attached hydrogen (secondary N) is 1. The van der Waals surface area contributed by atoms with E-state index < -0.39 is 30.4 Å². The van der Waals surface area contributed by atoms with Crippen LogP contribution >= 0.6 is 7.60 Å². The fraction of sp³-hybridized carbons (Fsp3) is 0.733. The monoisotopic (exact) mass is 363 g/mol. The zero-order valence-corrected chi connectivity index (χ0v) is 15.9. The van der Waals surface area contributed by atoms with Gasteiger partial charge in [0, 0.05) is 6.42 Å². The Morgan fingerprint density at radius 3 is 2.21 bits per heavy atom. The first-order valence-corrected chi connectivity index (χ1v) is 9.31. The summed E-state index contributed by atoms with van der Waals surface area (Å²) in [6.45, 7) is 10.1. The summed E-state index contributed by atoms with van der Waals surface area (Å²) in [7, 11) is -3.99. The second-order valence-corrected chi connectivity index (χ2v) is 8.59. The second-order valence-electron chi connectivity index (χ2n) is 6.36. The Labute approximate surface area is 142 Å². The Morgan fingerprint density at radius 2 is 1.83 bits per heavy atom. The number of hydrogen-bond acceptors (Lipinski definition) is 7. The number of hydroxylamine groups is 1. The summed E-state index contributed by atoms with van der Waals surface area (Å²) >= 11 is 0. The topological polar surface area (TPSA) is 100 Å². The predicted molar refractivity (Wildman–Crippen MR) is 87.4 cm³/mol. The largest absolute Gasteiger partial charge is 0.442 e. The molecule has 1 atom stereocenters. The lowest BCUT2D eigenvalue weighted by atomic mass is 10.2. The third kappa shape index (κ3) is 4.66. The summed E-state index contributed by atoms with van der Waals surface area (Å²) in [5.74, 6) is -0.582. The van der Waals surface area contributed by atoms with Crippen LogP contribution in [0.1, 0.15) is 48.0 Å². The molecule has 0 aromatic carbocycles. The molecule has 0 aromatic rings. The molecule has 0 saturated heterocycles. The van der Waals surface area contributed by atoms with Crippen LogP contribution in [0.2, 0.25) is 0 Å². The van der Waals surface area contributed by atoms with Gasteiger partial charge in [0.25, 0.3) is 5.34 Å². The van der Waals surface area contributed by atoms with Crippen molar-refractivity contribution in [2.45, 2.75) is 58.9 Å². The van der Waals surface area contributed by atoms with Gasteiger partial charge in [0.15, 0.2) is 0 Å². The summed E-state index contributed by atoms with van der Waals surface area (Å²) in [5.41, 5.74) is 1.94. The van der Waals surface area contributed by atoms with Crippen LogP contribution in [0.5, 0.6) is 0 Å². The maximum Gasteiger partial charge on any atom is 0.431 e. The molecule has 0 heterocycles. The summed E-state index contributed by atoms with van der Waals surface area (Å²) in [6, 6.07) is 0. The van der Waals surface area contributed by atoms with Gasteiger partial charge in [0.1, 0.15) is 5.60 Å². The first-order chi connectivity index (χ1) is 11.0. The van der Waals surface area contributed by atoms with Gasteiger partial charge < -0.3 is 13.8 Å². The highest BCUT2D eigenvalue weighted by molar-refractivity contribution is 7.56. The highest BCUT2D eigenvalue weighted by Crippen LogP contribution is 2.64. The van der Waals surface area contributed by atoms with Gasteiger partial charge >= 0.3 is 13.7 Å². The first kappa shape index (κ1) is 20.8. The number of ketones is 1. The van der Waals surface area contributed by atoms with E-state index >= 15 is 0 Å². The van der Waals surface area contributed by atoms with Gasteiger partial charge in [0.05, 0.1) is 13.2 Å².